The second-order valence-electron chi connectivity index (χ2n) is 7.22. The fourth-order valence-electron chi connectivity index (χ4n) is 2.90. The summed E-state index contributed by atoms with van der Waals surface area (Å²) < 4.78 is 93.8. The lowest BCUT2D eigenvalue weighted by Gasteiger charge is -2.16. The van der Waals surface area contributed by atoms with E-state index in [4.69, 9.17) is 12.2 Å². The third kappa shape index (κ3) is 6.46. The zero-order chi connectivity index (χ0) is 26.6. The summed E-state index contributed by atoms with van der Waals surface area (Å²) in [6, 6.07) is 15.7. The summed E-state index contributed by atoms with van der Waals surface area (Å²) in [5.74, 6) is -11.1. The Labute approximate surface area is 210 Å². The minimum absolute atomic E-state index is 0.328. The Hall–Kier alpha value is -3.32. The maximum atomic E-state index is 14.0. The van der Waals surface area contributed by atoms with Crippen molar-refractivity contribution in [3.05, 3.63) is 83.4 Å². The molecular formula is C23H16F7N3OS2. The third-order valence-corrected chi connectivity index (χ3v) is 5.94. The van der Waals surface area contributed by atoms with Crippen molar-refractivity contribution < 1.29 is 35.5 Å². The number of nitrogens with one attached hydrogen (secondary N) is 3. The summed E-state index contributed by atoms with van der Waals surface area (Å²) >= 11 is 6.16. The number of thioether (sulfide) groups is 1. The van der Waals surface area contributed by atoms with Crippen molar-refractivity contribution >= 4 is 52.1 Å². The average Bonchev–Trinajstić information content (AvgIpc) is 2.81. The van der Waals surface area contributed by atoms with E-state index >= 15 is 0 Å². The van der Waals surface area contributed by atoms with Crippen LogP contribution in [0.15, 0.2) is 59.5 Å². The van der Waals surface area contributed by atoms with Gasteiger partial charge in [-0.25, -0.2) is 17.6 Å². The molecule has 1 unspecified atom stereocenters. The normalized spacial score (nSPS) is 12.1. The second kappa shape index (κ2) is 11.2. The number of halogens is 7. The first kappa shape index (κ1) is 27.3. The molecule has 3 N–H and O–H groups in total. The molecule has 0 aliphatic carbocycles. The van der Waals surface area contributed by atoms with Gasteiger partial charge < -0.3 is 16.0 Å². The molecule has 3 rings (SSSR count). The van der Waals surface area contributed by atoms with E-state index < -0.39 is 51.9 Å². The van der Waals surface area contributed by atoms with Crippen LogP contribution in [0, 0.1) is 23.3 Å². The highest BCUT2D eigenvalue weighted by Gasteiger charge is 2.42. The van der Waals surface area contributed by atoms with Crippen molar-refractivity contribution in [2.75, 3.05) is 16.0 Å². The standard InChI is InChI=1S/C23H16F7N3OS2/c1-11(21(34)33-20-18(26)16(24)15(23(28,29)30)17(25)19(20)27)36-14-9-7-13(8-10-14)32-22(35)31-12-5-3-2-4-6-12/h2-11H,1H3,(H,33,34)(H2,31,32,35). The van der Waals surface area contributed by atoms with Crippen LogP contribution in [0.1, 0.15) is 12.5 Å². The van der Waals surface area contributed by atoms with E-state index in [9.17, 15) is 35.5 Å². The van der Waals surface area contributed by atoms with Crippen molar-refractivity contribution in [2.24, 2.45) is 0 Å². The van der Waals surface area contributed by atoms with Gasteiger partial charge in [0.2, 0.25) is 5.91 Å². The Kier molecular flexibility index (Phi) is 8.46. The van der Waals surface area contributed by atoms with Crippen molar-refractivity contribution in [2.45, 2.75) is 23.2 Å². The summed E-state index contributed by atoms with van der Waals surface area (Å²) in [5, 5.41) is 6.86. The number of benzene rings is 3. The Bertz CT molecular complexity index is 1240. The molecule has 1 atom stereocenters. The molecule has 190 valence electrons. The van der Waals surface area contributed by atoms with Gasteiger partial charge in [0, 0.05) is 16.3 Å². The van der Waals surface area contributed by atoms with E-state index in [0.717, 1.165) is 17.4 Å². The van der Waals surface area contributed by atoms with Crippen molar-refractivity contribution in [1.82, 2.24) is 0 Å². The maximum absolute atomic E-state index is 14.0. The third-order valence-electron chi connectivity index (χ3n) is 4.62. The van der Waals surface area contributed by atoms with Crippen molar-refractivity contribution in [3.63, 3.8) is 0 Å². The Morgan fingerprint density at radius 2 is 1.31 bits per heavy atom. The highest BCUT2D eigenvalue weighted by Crippen LogP contribution is 2.38. The van der Waals surface area contributed by atoms with E-state index in [1.54, 1.807) is 29.6 Å². The molecule has 3 aromatic rings. The van der Waals surface area contributed by atoms with E-state index in [1.165, 1.54) is 6.92 Å². The van der Waals surface area contributed by atoms with Crippen LogP contribution in [0.2, 0.25) is 0 Å². The van der Waals surface area contributed by atoms with E-state index in [-0.39, 0.29) is 0 Å². The first-order valence-corrected chi connectivity index (χ1v) is 11.3. The minimum atomic E-state index is -5.68. The molecule has 0 radical (unpaired) electrons. The van der Waals surface area contributed by atoms with E-state index in [1.807, 2.05) is 30.3 Å². The first-order chi connectivity index (χ1) is 16.9. The van der Waals surface area contributed by atoms with Gasteiger partial charge in [-0.05, 0) is 55.5 Å². The Morgan fingerprint density at radius 1 is 0.806 bits per heavy atom. The minimum Gasteiger partial charge on any atom is -0.332 e. The number of anilines is 3. The highest BCUT2D eigenvalue weighted by molar-refractivity contribution is 8.00. The van der Waals surface area contributed by atoms with Gasteiger partial charge in [0.15, 0.2) is 28.4 Å². The molecule has 0 bridgehead atoms. The number of para-hydroxylation sites is 1. The SMILES string of the molecule is CC(Sc1ccc(NC(=S)Nc2ccccc2)cc1)C(=O)Nc1c(F)c(F)c(C(F)(F)F)c(F)c1F. The number of thiocarbonyl (C=S) groups is 1. The first-order valence-electron chi connectivity index (χ1n) is 10.0. The molecule has 0 aromatic heterocycles. The summed E-state index contributed by atoms with van der Waals surface area (Å²) in [6.45, 7) is 1.33. The average molecular weight is 548 g/mol. The second-order valence-corrected chi connectivity index (χ2v) is 9.05. The zero-order valence-electron chi connectivity index (χ0n) is 18.1. The molecule has 0 spiro atoms. The molecular weight excluding hydrogens is 531 g/mol. The van der Waals surface area contributed by atoms with Gasteiger partial charge in [-0.3, -0.25) is 4.79 Å². The van der Waals surface area contributed by atoms with Crippen LogP contribution >= 0.6 is 24.0 Å². The topological polar surface area (TPSA) is 53.2 Å². The largest absolute Gasteiger partial charge is 0.422 e. The van der Waals surface area contributed by atoms with E-state index in [0.29, 0.717) is 15.7 Å². The number of hydrogen-bond donors (Lipinski definition) is 3. The van der Waals surface area contributed by atoms with Gasteiger partial charge >= 0.3 is 6.18 Å². The molecule has 1 amide bonds. The molecule has 13 heteroatoms. The van der Waals surface area contributed by atoms with Gasteiger partial charge in [-0.1, -0.05) is 18.2 Å². The lowest BCUT2D eigenvalue weighted by atomic mass is 10.1. The summed E-state index contributed by atoms with van der Waals surface area (Å²) in [7, 11) is 0. The molecule has 0 saturated carbocycles. The predicted molar refractivity (Wildman–Crippen MR) is 128 cm³/mol. The van der Waals surface area contributed by atoms with Gasteiger partial charge in [0.25, 0.3) is 0 Å². The smallest absolute Gasteiger partial charge is 0.332 e. The predicted octanol–water partition coefficient (Wildman–Crippen LogP) is 7.19. The Balaban J connectivity index is 1.64. The fraction of sp³-hybridized carbons (Fsp3) is 0.130. The van der Waals surface area contributed by atoms with Crippen LogP contribution in [0.25, 0.3) is 0 Å². The molecule has 3 aromatic carbocycles. The fourth-order valence-corrected chi connectivity index (χ4v) is 4.01. The van der Waals surface area contributed by atoms with Crippen molar-refractivity contribution in [1.29, 1.82) is 0 Å². The van der Waals surface area contributed by atoms with E-state index in [2.05, 4.69) is 10.6 Å². The quantitative estimate of drug-likeness (QED) is 0.132. The lowest BCUT2D eigenvalue weighted by molar-refractivity contribution is -0.143. The maximum Gasteiger partial charge on any atom is 0.422 e. The molecule has 0 aliphatic rings. The molecule has 0 saturated heterocycles. The number of rotatable bonds is 6. The molecule has 36 heavy (non-hydrogen) atoms. The van der Waals surface area contributed by atoms with Gasteiger partial charge in [0.1, 0.15) is 11.3 Å². The van der Waals surface area contributed by atoms with Gasteiger partial charge in [0.05, 0.1) is 5.25 Å². The molecule has 0 heterocycles. The number of alkyl halides is 3. The highest BCUT2D eigenvalue weighted by atomic mass is 32.2. The molecule has 4 nitrogen and oxygen atoms in total. The molecule has 0 fully saturated rings. The van der Waals surface area contributed by atoms with Crippen LogP contribution in [-0.4, -0.2) is 16.3 Å². The lowest BCUT2D eigenvalue weighted by Crippen LogP contribution is -2.25. The van der Waals surface area contributed by atoms with Crippen LogP contribution in [-0.2, 0) is 11.0 Å². The zero-order valence-corrected chi connectivity index (χ0v) is 19.8. The summed E-state index contributed by atoms with van der Waals surface area (Å²) in [5.41, 5.74) is -2.97. The monoisotopic (exact) mass is 547 g/mol. The number of carbonyl (C=O) groups excluding carboxylic acids is 1. The number of hydrogen-bond acceptors (Lipinski definition) is 3. The molecule has 0 aliphatic heterocycles. The number of carbonyl (C=O) groups is 1. The van der Waals surface area contributed by atoms with Gasteiger partial charge in [-0.15, -0.1) is 11.8 Å². The summed E-state index contributed by atoms with van der Waals surface area (Å²) in [4.78, 5) is 12.9. The van der Waals surface area contributed by atoms with Crippen LogP contribution in [0.4, 0.5) is 47.8 Å². The van der Waals surface area contributed by atoms with Crippen LogP contribution in [0.5, 0.6) is 0 Å². The number of amides is 1. The Morgan fingerprint density at radius 3 is 1.81 bits per heavy atom. The van der Waals surface area contributed by atoms with Crippen LogP contribution < -0.4 is 16.0 Å². The van der Waals surface area contributed by atoms with Gasteiger partial charge in [-0.2, -0.15) is 13.2 Å². The van der Waals surface area contributed by atoms with Crippen molar-refractivity contribution in [3.8, 4) is 0 Å². The van der Waals surface area contributed by atoms with Crippen LogP contribution in [0.3, 0.4) is 0 Å². The summed E-state index contributed by atoms with van der Waals surface area (Å²) in [6.07, 6.45) is -5.68.